The van der Waals surface area contributed by atoms with E-state index in [2.05, 4.69) is 10.3 Å². The molecule has 1 aromatic heterocycles. The zero-order valence-electron chi connectivity index (χ0n) is 12.4. The molecule has 1 amide bonds. The third-order valence-corrected chi connectivity index (χ3v) is 3.19. The highest BCUT2D eigenvalue weighted by Crippen LogP contribution is 2.25. The summed E-state index contributed by atoms with van der Waals surface area (Å²) in [5.74, 6) is -0.293. The maximum atomic E-state index is 13.0. The summed E-state index contributed by atoms with van der Waals surface area (Å²) in [6.07, 6.45) is 3.20. The first kappa shape index (κ1) is 15.5. The lowest BCUT2D eigenvalue weighted by Gasteiger charge is -2.09. The van der Waals surface area contributed by atoms with E-state index in [0.717, 1.165) is 12.1 Å². The molecule has 0 aliphatic rings. The van der Waals surface area contributed by atoms with Crippen molar-refractivity contribution in [2.45, 2.75) is 0 Å². The van der Waals surface area contributed by atoms with Crippen molar-refractivity contribution in [2.75, 3.05) is 5.32 Å². The minimum atomic E-state index is -0.585. The Kier molecular flexibility index (Phi) is 4.38. The topological polar surface area (TPSA) is 71.5 Å². The summed E-state index contributed by atoms with van der Waals surface area (Å²) in [4.78, 5) is 16.2. The van der Waals surface area contributed by atoms with E-state index < -0.39 is 11.7 Å². The number of benzene rings is 2. The Balaban J connectivity index is 1.77. The van der Waals surface area contributed by atoms with Crippen LogP contribution in [0.25, 0.3) is 0 Å². The Bertz CT molecular complexity index is 869. The van der Waals surface area contributed by atoms with E-state index >= 15 is 0 Å². The summed E-state index contributed by atoms with van der Waals surface area (Å²) in [6.45, 7) is 0. The second-order valence-corrected chi connectivity index (χ2v) is 4.93. The van der Waals surface area contributed by atoms with Crippen molar-refractivity contribution in [1.82, 2.24) is 4.98 Å². The van der Waals surface area contributed by atoms with Gasteiger partial charge in [-0.2, -0.15) is 0 Å². The Labute approximate surface area is 137 Å². The van der Waals surface area contributed by atoms with Crippen molar-refractivity contribution in [3.8, 4) is 17.2 Å². The van der Waals surface area contributed by atoms with Crippen LogP contribution in [0.5, 0.6) is 17.2 Å². The lowest BCUT2D eigenvalue weighted by molar-refractivity contribution is 0.102. The lowest BCUT2D eigenvalue weighted by Crippen LogP contribution is -2.12. The Morgan fingerprint density at radius 2 is 1.83 bits per heavy atom. The smallest absolute Gasteiger partial charge is 0.255 e. The second kappa shape index (κ2) is 6.78. The van der Waals surface area contributed by atoms with Crippen LogP contribution in [0.1, 0.15) is 10.4 Å². The summed E-state index contributed by atoms with van der Waals surface area (Å²) in [7, 11) is 0. The highest BCUT2D eigenvalue weighted by Gasteiger charge is 2.11. The Hall–Kier alpha value is -3.41. The van der Waals surface area contributed by atoms with Crippen molar-refractivity contribution >= 4 is 11.6 Å². The first-order valence-electron chi connectivity index (χ1n) is 7.09. The molecule has 0 unspecified atom stereocenters. The molecule has 24 heavy (non-hydrogen) atoms. The summed E-state index contributed by atoms with van der Waals surface area (Å²) < 4.78 is 18.6. The van der Waals surface area contributed by atoms with Gasteiger partial charge in [0, 0.05) is 24.0 Å². The molecule has 0 atom stereocenters. The van der Waals surface area contributed by atoms with Gasteiger partial charge in [0.1, 0.15) is 23.1 Å². The predicted molar refractivity (Wildman–Crippen MR) is 86.8 cm³/mol. The number of rotatable bonds is 4. The van der Waals surface area contributed by atoms with E-state index in [0.29, 0.717) is 17.1 Å². The number of hydrogen-bond acceptors (Lipinski definition) is 4. The van der Waals surface area contributed by atoms with Crippen LogP contribution in [0.2, 0.25) is 0 Å². The molecule has 5 nitrogen and oxygen atoms in total. The summed E-state index contributed by atoms with van der Waals surface area (Å²) in [6, 6.07) is 13.3. The quantitative estimate of drug-likeness (QED) is 0.712. The van der Waals surface area contributed by atoms with Gasteiger partial charge in [0.15, 0.2) is 0 Å². The van der Waals surface area contributed by atoms with Gasteiger partial charge in [-0.1, -0.05) is 6.07 Å². The third kappa shape index (κ3) is 3.67. The number of nitrogens with zero attached hydrogens (tertiary/aromatic N) is 1. The van der Waals surface area contributed by atoms with Crippen molar-refractivity contribution in [3.63, 3.8) is 0 Å². The maximum absolute atomic E-state index is 13.0. The van der Waals surface area contributed by atoms with Gasteiger partial charge < -0.3 is 15.2 Å². The number of anilines is 1. The molecule has 1 heterocycles. The van der Waals surface area contributed by atoms with Crippen LogP contribution in [0.4, 0.5) is 10.1 Å². The number of amides is 1. The van der Waals surface area contributed by atoms with Crippen LogP contribution in [0.15, 0.2) is 67.0 Å². The van der Waals surface area contributed by atoms with Crippen molar-refractivity contribution in [1.29, 1.82) is 0 Å². The minimum absolute atomic E-state index is 0.127. The minimum Gasteiger partial charge on any atom is -0.506 e. The van der Waals surface area contributed by atoms with Crippen molar-refractivity contribution in [2.24, 2.45) is 0 Å². The van der Waals surface area contributed by atoms with Crippen LogP contribution in [-0.4, -0.2) is 16.0 Å². The molecule has 0 spiro atoms. The maximum Gasteiger partial charge on any atom is 0.255 e. The zero-order valence-corrected chi connectivity index (χ0v) is 12.4. The molecule has 3 rings (SSSR count). The van der Waals surface area contributed by atoms with E-state index in [1.807, 2.05) is 0 Å². The van der Waals surface area contributed by atoms with Gasteiger partial charge in [-0.05, 0) is 42.5 Å². The number of phenolic OH excluding ortho intramolecular Hbond substituents is 1. The molecular formula is C18H13FN2O3. The number of hydrogen-bond donors (Lipinski definition) is 2. The molecular weight excluding hydrogens is 311 g/mol. The van der Waals surface area contributed by atoms with E-state index in [1.54, 1.807) is 48.8 Å². The lowest BCUT2D eigenvalue weighted by atomic mass is 10.2. The molecule has 0 fully saturated rings. The number of aromatic hydroxyl groups is 1. The van der Waals surface area contributed by atoms with Crippen LogP contribution in [0.3, 0.4) is 0 Å². The van der Waals surface area contributed by atoms with Crippen LogP contribution in [-0.2, 0) is 0 Å². The van der Waals surface area contributed by atoms with Crippen molar-refractivity contribution < 1.29 is 19.0 Å². The number of aromatic nitrogens is 1. The fraction of sp³-hybridized carbons (Fsp3) is 0. The molecule has 6 heteroatoms. The number of carbonyl (C=O) groups excluding carboxylic acids is 1. The Morgan fingerprint density at radius 3 is 2.58 bits per heavy atom. The molecule has 120 valence electrons. The van der Waals surface area contributed by atoms with Gasteiger partial charge in [0.25, 0.3) is 5.91 Å². The van der Waals surface area contributed by atoms with Gasteiger partial charge >= 0.3 is 0 Å². The number of pyridine rings is 1. The molecule has 0 aliphatic heterocycles. The molecule has 3 aromatic rings. The van der Waals surface area contributed by atoms with Gasteiger partial charge in [0.2, 0.25) is 0 Å². The molecule has 0 saturated carbocycles. The van der Waals surface area contributed by atoms with Crippen LogP contribution in [0, 0.1) is 5.82 Å². The van der Waals surface area contributed by atoms with E-state index in [1.165, 1.54) is 6.07 Å². The number of halogens is 1. The van der Waals surface area contributed by atoms with Crippen LogP contribution < -0.4 is 10.1 Å². The number of ether oxygens (including phenoxy) is 1. The predicted octanol–water partition coefficient (Wildman–Crippen LogP) is 3.97. The number of phenols is 1. The van der Waals surface area contributed by atoms with Gasteiger partial charge in [-0.25, -0.2) is 4.39 Å². The first-order chi connectivity index (χ1) is 11.6. The standard InChI is InChI=1S/C18H13FN2O3/c19-13-4-5-16(17(22)11-13)21-18(23)12-2-1-3-15(10-12)24-14-6-8-20-9-7-14/h1-11,22H,(H,21,23). The monoisotopic (exact) mass is 324 g/mol. The highest BCUT2D eigenvalue weighted by molar-refractivity contribution is 6.05. The highest BCUT2D eigenvalue weighted by atomic mass is 19.1. The number of carbonyl (C=O) groups is 1. The molecule has 0 saturated heterocycles. The number of nitrogens with one attached hydrogen (secondary N) is 1. The Morgan fingerprint density at radius 1 is 1.04 bits per heavy atom. The average molecular weight is 324 g/mol. The molecule has 0 bridgehead atoms. The summed E-state index contributed by atoms with van der Waals surface area (Å²) >= 11 is 0. The molecule has 0 aliphatic carbocycles. The fourth-order valence-electron chi connectivity index (χ4n) is 2.05. The van der Waals surface area contributed by atoms with Gasteiger partial charge in [-0.3, -0.25) is 9.78 Å². The average Bonchev–Trinajstić information content (AvgIpc) is 2.58. The normalized spacial score (nSPS) is 10.2. The molecule has 0 radical (unpaired) electrons. The fourth-order valence-corrected chi connectivity index (χ4v) is 2.05. The first-order valence-corrected chi connectivity index (χ1v) is 7.09. The van der Waals surface area contributed by atoms with Crippen molar-refractivity contribution in [3.05, 3.63) is 78.4 Å². The SMILES string of the molecule is O=C(Nc1ccc(F)cc1O)c1cccc(Oc2ccncc2)c1. The van der Waals surface area contributed by atoms with E-state index in [9.17, 15) is 14.3 Å². The van der Waals surface area contributed by atoms with E-state index in [4.69, 9.17) is 4.74 Å². The molecule has 2 N–H and O–H groups in total. The third-order valence-electron chi connectivity index (χ3n) is 3.19. The molecule has 2 aromatic carbocycles. The largest absolute Gasteiger partial charge is 0.506 e. The second-order valence-electron chi connectivity index (χ2n) is 4.93. The van der Waals surface area contributed by atoms with Crippen LogP contribution >= 0.6 is 0 Å². The van der Waals surface area contributed by atoms with Gasteiger partial charge in [-0.15, -0.1) is 0 Å². The summed E-state index contributed by atoms with van der Waals surface area (Å²) in [5, 5.41) is 12.2. The zero-order chi connectivity index (χ0) is 16.9. The van der Waals surface area contributed by atoms with Gasteiger partial charge in [0.05, 0.1) is 5.69 Å². The van der Waals surface area contributed by atoms with E-state index in [-0.39, 0.29) is 11.4 Å². The summed E-state index contributed by atoms with van der Waals surface area (Å²) in [5.41, 5.74) is 0.465.